The van der Waals surface area contributed by atoms with E-state index in [9.17, 15) is 30.3 Å². The molecule has 2 aromatic carbocycles. The van der Waals surface area contributed by atoms with Crippen molar-refractivity contribution < 1.29 is 49.3 Å². The van der Waals surface area contributed by atoms with Crippen LogP contribution in [0.25, 0.3) is 0 Å². The number of fused-ring (bicyclic) bond motifs is 3. The number of hydrogen-bond donors (Lipinski definition) is 5. The lowest BCUT2D eigenvalue weighted by Gasteiger charge is -2.45. The molecule has 3 aliphatic heterocycles. The van der Waals surface area contributed by atoms with Crippen molar-refractivity contribution in [1.29, 1.82) is 0 Å². The number of carbonyl (C=O) groups excluding carboxylic acids is 1. The van der Waals surface area contributed by atoms with Gasteiger partial charge in [0.05, 0.1) is 19.3 Å². The summed E-state index contributed by atoms with van der Waals surface area (Å²) in [7, 11) is 1.27. The highest BCUT2D eigenvalue weighted by Gasteiger charge is 2.53. The first-order valence-corrected chi connectivity index (χ1v) is 12.9. The zero-order chi connectivity index (χ0) is 27.7. The molecule has 3 heterocycles. The molecule has 0 radical (unpaired) electrons. The van der Waals surface area contributed by atoms with Crippen molar-refractivity contribution in [2.24, 2.45) is 0 Å². The Balaban J connectivity index is 1.34. The number of carbonyl (C=O) groups is 1. The van der Waals surface area contributed by atoms with E-state index >= 15 is 0 Å². The Kier molecular flexibility index (Phi) is 8.12. The summed E-state index contributed by atoms with van der Waals surface area (Å²) >= 11 is 0. The number of benzene rings is 2. The lowest BCUT2D eigenvalue weighted by Crippen LogP contribution is -2.58. The molecule has 0 spiro atoms. The van der Waals surface area contributed by atoms with Gasteiger partial charge in [0.25, 0.3) is 0 Å². The minimum absolute atomic E-state index is 0.0120. The molecule has 5 N–H and O–H groups in total. The second-order valence-electron chi connectivity index (χ2n) is 9.91. The van der Waals surface area contributed by atoms with Crippen LogP contribution in [0.2, 0.25) is 0 Å². The van der Waals surface area contributed by atoms with Gasteiger partial charge in [0, 0.05) is 50.4 Å². The number of aliphatic hydroxyl groups is 3. The van der Waals surface area contributed by atoms with Gasteiger partial charge >= 0.3 is 5.97 Å². The van der Waals surface area contributed by atoms with Gasteiger partial charge in [-0.25, -0.2) is 4.79 Å². The first-order chi connectivity index (χ1) is 18.8. The number of nitrogens with zero attached hydrogens (tertiary/aromatic N) is 2. The second kappa shape index (κ2) is 11.5. The fourth-order valence-electron chi connectivity index (χ4n) is 5.47. The number of methoxy groups -OCH3 is 1. The smallest absolute Gasteiger partial charge is 0.339 e. The summed E-state index contributed by atoms with van der Waals surface area (Å²) in [4.78, 5) is 17.5. The monoisotopic (exact) mass is 546 g/mol. The third kappa shape index (κ3) is 5.23. The van der Waals surface area contributed by atoms with E-state index in [1.54, 1.807) is 0 Å². The number of esters is 1. The Labute approximate surface area is 225 Å². The SMILES string of the molecule is COc1c(O)c(CN2CCN(CCOc3ccccc3)CC2)c2c(c1O)[C@@H]1O[C@H](CO)[C@@H](O)[C@H](O)[C@@H]1OC2=O. The van der Waals surface area contributed by atoms with Gasteiger partial charge in [-0.2, -0.15) is 0 Å². The van der Waals surface area contributed by atoms with Gasteiger partial charge in [0.2, 0.25) is 5.75 Å². The maximum Gasteiger partial charge on any atom is 0.339 e. The summed E-state index contributed by atoms with van der Waals surface area (Å²) in [5.74, 6) is -1.20. The van der Waals surface area contributed by atoms with Crippen LogP contribution in [0.15, 0.2) is 30.3 Å². The van der Waals surface area contributed by atoms with Crippen LogP contribution in [-0.2, 0) is 16.0 Å². The highest BCUT2D eigenvalue weighted by Crippen LogP contribution is 2.52. The fraction of sp³-hybridized carbons (Fsp3) is 0.519. The summed E-state index contributed by atoms with van der Waals surface area (Å²) in [6.45, 7) is 3.67. The quantitative estimate of drug-likeness (QED) is 0.282. The van der Waals surface area contributed by atoms with E-state index in [-0.39, 0.29) is 29.0 Å². The predicted octanol–water partition coefficient (Wildman–Crippen LogP) is -0.00400. The molecule has 5 atom stereocenters. The van der Waals surface area contributed by atoms with E-state index in [1.165, 1.54) is 7.11 Å². The van der Waals surface area contributed by atoms with Crippen LogP contribution in [0.1, 0.15) is 27.6 Å². The van der Waals surface area contributed by atoms with Crippen LogP contribution in [0.4, 0.5) is 0 Å². The number of phenols is 2. The van der Waals surface area contributed by atoms with Gasteiger partial charge in [0.1, 0.15) is 36.8 Å². The van der Waals surface area contributed by atoms with E-state index in [1.807, 2.05) is 30.3 Å². The highest BCUT2D eigenvalue weighted by atomic mass is 16.6. The maximum atomic E-state index is 13.2. The highest BCUT2D eigenvalue weighted by molar-refractivity contribution is 5.97. The number of aliphatic hydroxyl groups excluding tert-OH is 3. The van der Waals surface area contributed by atoms with Gasteiger partial charge in [-0.05, 0) is 12.1 Å². The summed E-state index contributed by atoms with van der Waals surface area (Å²) in [5.41, 5.74) is 0.113. The largest absolute Gasteiger partial charge is 0.504 e. The van der Waals surface area contributed by atoms with E-state index in [2.05, 4.69) is 9.80 Å². The Morgan fingerprint density at radius 2 is 1.69 bits per heavy atom. The van der Waals surface area contributed by atoms with E-state index < -0.39 is 54.6 Å². The molecule has 2 fully saturated rings. The maximum absolute atomic E-state index is 13.2. The Morgan fingerprint density at radius 1 is 1.00 bits per heavy atom. The molecule has 2 aromatic rings. The minimum atomic E-state index is -1.56. The molecule has 12 nitrogen and oxygen atoms in total. The summed E-state index contributed by atoms with van der Waals surface area (Å²) < 4.78 is 22.3. The van der Waals surface area contributed by atoms with Crippen molar-refractivity contribution in [1.82, 2.24) is 9.80 Å². The first kappa shape index (κ1) is 27.4. The molecule has 5 rings (SSSR count). The fourth-order valence-corrected chi connectivity index (χ4v) is 5.47. The van der Waals surface area contributed by atoms with Gasteiger partial charge < -0.3 is 44.5 Å². The average molecular weight is 547 g/mol. The molecule has 0 aliphatic carbocycles. The first-order valence-electron chi connectivity index (χ1n) is 12.9. The molecule has 212 valence electrons. The minimum Gasteiger partial charge on any atom is -0.504 e. The van der Waals surface area contributed by atoms with Crippen molar-refractivity contribution in [3.05, 3.63) is 47.0 Å². The standard InChI is InChI=1S/C27H34N2O10/c1-36-25-20(31)16(13-29-9-7-28(8-10-29)11-12-37-15-5-3-2-4-6-15)18-19(22(25)33)24-26(39-27(18)35)23(34)21(32)17(14-30)38-24/h2-6,17,21,23-24,26,30-34H,7-14H2,1H3/t17-,21-,23+,24+,26+/m1/s1. The van der Waals surface area contributed by atoms with E-state index in [4.69, 9.17) is 18.9 Å². The Hall–Kier alpha value is -3.13. The lowest BCUT2D eigenvalue weighted by molar-refractivity contribution is -0.235. The zero-order valence-corrected chi connectivity index (χ0v) is 21.6. The lowest BCUT2D eigenvalue weighted by atomic mass is 9.84. The third-order valence-corrected chi connectivity index (χ3v) is 7.61. The van der Waals surface area contributed by atoms with Crippen LogP contribution in [0.3, 0.4) is 0 Å². The summed E-state index contributed by atoms with van der Waals surface area (Å²) in [6.07, 6.45) is -6.74. The van der Waals surface area contributed by atoms with Gasteiger partial charge in [-0.3, -0.25) is 9.80 Å². The normalized spacial score (nSPS) is 27.4. The molecule has 2 saturated heterocycles. The molecule has 0 saturated carbocycles. The molecule has 0 bridgehead atoms. The molecule has 0 unspecified atom stereocenters. The predicted molar refractivity (Wildman–Crippen MR) is 136 cm³/mol. The van der Waals surface area contributed by atoms with E-state index in [0.717, 1.165) is 25.4 Å². The zero-order valence-electron chi connectivity index (χ0n) is 21.6. The van der Waals surface area contributed by atoms with Crippen LogP contribution < -0.4 is 9.47 Å². The van der Waals surface area contributed by atoms with Crippen LogP contribution in [0.5, 0.6) is 23.0 Å². The number of ether oxygens (including phenoxy) is 4. The number of phenolic OH excluding ortho intramolecular Hbond substituents is 2. The summed E-state index contributed by atoms with van der Waals surface area (Å²) in [6, 6.07) is 9.61. The van der Waals surface area contributed by atoms with Gasteiger partial charge in [-0.1, -0.05) is 18.2 Å². The van der Waals surface area contributed by atoms with Gasteiger partial charge in [-0.15, -0.1) is 0 Å². The van der Waals surface area contributed by atoms with Crippen LogP contribution >= 0.6 is 0 Å². The van der Waals surface area contributed by atoms with Crippen molar-refractivity contribution in [2.75, 3.05) is 53.0 Å². The van der Waals surface area contributed by atoms with Crippen LogP contribution in [0, 0.1) is 0 Å². The summed E-state index contributed by atoms with van der Waals surface area (Å²) in [5, 5.41) is 52.5. The number of hydrogen-bond acceptors (Lipinski definition) is 12. The second-order valence-corrected chi connectivity index (χ2v) is 9.91. The molecular formula is C27H34N2O10. The number of piperazine rings is 1. The number of rotatable bonds is 8. The molecule has 0 aromatic heterocycles. The van der Waals surface area contributed by atoms with E-state index in [0.29, 0.717) is 19.7 Å². The molecule has 39 heavy (non-hydrogen) atoms. The third-order valence-electron chi connectivity index (χ3n) is 7.61. The molecule has 3 aliphatic rings. The van der Waals surface area contributed by atoms with Crippen molar-refractivity contribution in [3.63, 3.8) is 0 Å². The van der Waals surface area contributed by atoms with Crippen molar-refractivity contribution >= 4 is 5.97 Å². The Bertz CT molecular complexity index is 1170. The number of aromatic hydroxyl groups is 2. The molecule has 12 heteroatoms. The number of para-hydroxylation sites is 1. The molecule has 0 amide bonds. The van der Waals surface area contributed by atoms with Crippen LogP contribution in [-0.4, -0.2) is 119 Å². The van der Waals surface area contributed by atoms with Crippen molar-refractivity contribution in [2.45, 2.75) is 37.1 Å². The van der Waals surface area contributed by atoms with Crippen molar-refractivity contribution in [3.8, 4) is 23.0 Å². The van der Waals surface area contributed by atoms with Gasteiger partial charge in [0.15, 0.2) is 17.6 Å². The topological polar surface area (TPSA) is 162 Å². The Morgan fingerprint density at radius 3 is 2.36 bits per heavy atom. The average Bonchev–Trinajstić information content (AvgIpc) is 2.94. The molecular weight excluding hydrogens is 512 g/mol.